The highest BCUT2D eigenvalue weighted by Gasteiger charge is 2.41. The highest BCUT2D eigenvalue weighted by atomic mass is 16.3. The van der Waals surface area contributed by atoms with Crippen LogP contribution in [0.15, 0.2) is 0 Å². The van der Waals surface area contributed by atoms with E-state index in [0.717, 1.165) is 18.8 Å². The van der Waals surface area contributed by atoms with Crippen molar-refractivity contribution in [3.8, 4) is 0 Å². The fourth-order valence-electron chi connectivity index (χ4n) is 4.51. The second kappa shape index (κ2) is 5.48. The maximum atomic E-state index is 9.77. The van der Waals surface area contributed by atoms with Gasteiger partial charge in [-0.1, -0.05) is 6.42 Å². The topological polar surface area (TPSA) is 43.7 Å². The summed E-state index contributed by atoms with van der Waals surface area (Å²) in [6.45, 7) is 3.84. The fraction of sp³-hybridized carbons (Fsp3) is 1.00. The minimum absolute atomic E-state index is 0.458. The monoisotopic (exact) mass is 253 g/mol. The molecule has 1 unspecified atom stereocenters. The average molecular weight is 253 g/mol. The van der Waals surface area contributed by atoms with Crippen LogP contribution in [0.2, 0.25) is 0 Å². The van der Waals surface area contributed by atoms with E-state index >= 15 is 0 Å². The standard InChI is InChI=1S/C15H27NO2/c17-14-8-12-6-11(7-13(12)9-15(14)18)10-16-4-2-1-3-5-16/h11-15,17-18H,1-10H2/t11?,12-,13+,14+,15-. The summed E-state index contributed by atoms with van der Waals surface area (Å²) in [6.07, 6.45) is 7.47. The van der Waals surface area contributed by atoms with Gasteiger partial charge in [-0.3, -0.25) is 0 Å². The van der Waals surface area contributed by atoms with Gasteiger partial charge >= 0.3 is 0 Å². The molecular weight excluding hydrogens is 226 g/mol. The number of aliphatic hydroxyl groups is 2. The molecule has 1 aliphatic heterocycles. The molecule has 3 fully saturated rings. The zero-order valence-corrected chi connectivity index (χ0v) is 11.3. The third-order valence-electron chi connectivity index (χ3n) is 5.44. The van der Waals surface area contributed by atoms with Crippen LogP contribution in [0, 0.1) is 17.8 Å². The largest absolute Gasteiger partial charge is 0.390 e. The van der Waals surface area contributed by atoms with Crippen LogP contribution in [-0.2, 0) is 0 Å². The summed E-state index contributed by atoms with van der Waals surface area (Å²) in [4.78, 5) is 2.64. The van der Waals surface area contributed by atoms with Crippen molar-refractivity contribution in [2.45, 2.75) is 57.2 Å². The van der Waals surface area contributed by atoms with E-state index < -0.39 is 12.2 Å². The molecule has 3 heteroatoms. The van der Waals surface area contributed by atoms with Gasteiger partial charge in [0, 0.05) is 6.54 Å². The minimum Gasteiger partial charge on any atom is -0.390 e. The molecule has 18 heavy (non-hydrogen) atoms. The molecule has 2 aliphatic carbocycles. The van der Waals surface area contributed by atoms with Crippen LogP contribution in [0.4, 0.5) is 0 Å². The molecular formula is C15H27NO2. The van der Waals surface area contributed by atoms with Gasteiger partial charge in [0.15, 0.2) is 0 Å². The summed E-state index contributed by atoms with van der Waals surface area (Å²) in [6, 6.07) is 0. The predicted molar refractivity (Wildman–Crippen MR) is 71.2 cm³/mol. The Morgan fingerprint density at radius 2 is 1.33 bits per heavy atom. The molecule has 0 bridgehead atoms. The Bertz CT molecular complexity index is 260. The number of nitrogens with zero attached hydrogens (tertiary/aromatic N) is 1. The van der Waals surface area contributed by atoms with Crippen molar-refractivity contribution in [2.24, 2.45) is 17.8 Å². The van der Waals surface area contributed by atoms with Crippen LogP contribution in [-0.4, -0.2) is 47.0 Å². The number of fused-ring (bicyclic) bond motifs is 1. The molecule has 0 amide bonds. The van der Waals surface area contributed by atoms with Crippen LogP contribution in [0.25, 0.3) is 0 Å². The first kappa shape index (κ1) is 12.9. The molecule has 0 aromatic heterocycles. The number of aliphatic hydroxyl groups excluding tert-OH is 2. The number of piperidine rings is 1. The molecule has 0 aromatic carbocycles. The summed E-state index contributed by atoms with van der Waals surface area (Å²) in [5.41, 5.74) is 0. The van der Waals surface area contributed by atoms with Gasteiger partial charge in [-0.25, -0.2) is 0 Å². The summed E-state index contributed by atoms with van der Waals surface area (Å²) in [5.74, 6) is 2.17. The van der Waals surface area contributed by atoms with Gasteiger partial charge in [-0.15, -0.1) is 0 Å². The summed E-state index contributed by atoms with van der Waals surface area (Å²) in [5, 5.41) is 19.5. The van der Waals surface area contributed by atoms with Crippen molar-refractivity contribution in [3.63, 3.8) is 0 Å². The van der Waals surface area contributed by atoms with E-state index in [0.29, 0.717) is 11.8 Å². The molecule has 0 aromatic rings. The van der Waals surface area contributed by atoms with E-state index in [1.165, 1.54) is 51.7 Å². The summed E-state index contributed by atoms with van der Waals surface area (Å²) in [7, 11) is 0. The normalized spacial score (nSPS) is 46.0. The zero-order chi connectivity index (χ0) is 12.5. The van der Waals surface area contributed by atoms with Crippen molar-refractivity contribution < 1.29 is 10.2 Å². The average Bonchev–Trinajstić information content (AvgIpc) is 2.72. The molecule has 0 radical (unpaired) electrons. The van der Waals surface area contributed by atoms with Gasteiger partial charge in [0.05, 0.1) is 12.2 Å². The van der Waals surface area contributed by atoms with Crippen LogP contribution < -0.4 is 0 Å². The van der Waals surface area contributed by atoms with E-state index in [9.17, 15) is 10.2 Å². The SMILES string of the molecule is O[C@@H]1C[C@@H]2CC(CN3CCCCC3)C[C@@H]2C[C@@H]1O. The molecule has 104 valence electrons. The Morgan fingerprint density at radius 1 is 0.778 bits per heavy atom. The number of rotatable bonds is 2. The molecule has 1 heterocycles. The third-order valence-corrected chi connectivity index (χ3v) is 5.44. The molecule has 3 rings (SSSR count). The van der Waals surface area contributed by atoms with Crippen LogP contribution in [0.5, 0.6) is 0 Å². The molecule has 2 N–H and O–H groups in total. The number of hydrogen-bond donors (Lipinski definition) is 2. The molecule has 0 spiro atoms. The van der Waals surface area contributed by atoms with Crippen molar-refractivity contribution in [3.05, 3.63) is 0 Å². The van der Waals surface area contributed by atoms with Gasteiger partial charge in [0.25, 0.3) is 0 Å². The fourth-order valence-corrected chi connectivity index (χ4v) is 4.51. The Balaban J connectivity index is 1.51. The van der Waals surface area contributed by atoms with Gasteiger partial charge in [0.1, 0.15) is 0 Å². The summed E-state index contributed by atoms with van der Waals surface area (Å²) >= 11 is 0. The molecule has 3 aliphatic rings. The molecule has 1 saturated heterocycles. The van der Waals surface area contributed by atoms with Gasteiger partial charge < -0.3 is 15.1 Å². The van der Waals surface area contributed by atoms with E-state index in [-0.39, 0.29) is 0 Å². The Kier molecular flexibility index (Phi) is 3.92. The Labute approximate surface area is 110 Å². The van der Waals surface area contributed by atoms with E-state index in [1.54, 1.807) is 0 Å². The minimum atomic E-state index is -0.458. The molecule has 2 saturated carbocycles. The van der Waals surface area contributed by atoms with E-state index in [2.05, 4.69) is 4.90 Å². The second-order valence-electron chi connectivity index (χ2n) is 6.82. The molecule has 3 nitrogen and oxygen atoms in total. The highest BCUT2D eigenvalue weighted by Crippen LogP contribution is 2.45. The summed E-state index contributed by atoms with van der Waals surface area (Å²) < 4.78 is 0. The lowest BCUT2D eigenvalue weighted by Crippen LogP contribution is -2.36. The first-order chi connectivity index (χ1) is 8.72. The van der Waals surface area contributed by atoms with E-state index in [1.807, 2.05) is 0 Å². The maximum Gasteiger partial charge on any atom is 0.0802 e. The first-order valence-electron chi connectivity index (χ1n) is 7.81. The van der Waals surface area contributed by atoms with Crippen molar-refractivity contribution in [2.75, 3.05) is 19.6 Å². The van der Waals surface area contributed by atoms with Crippen LogP contribution in [0.1, 0.15) is 44.9 Å². The predicted octanol–water partition coefficient (Wildman–Crippen LogP) is 1.63. The van der Waals surface area contributed by atoms with E-state index in [4.69, 9.17) is 0 Å². The smallest absolute Gasteiger partial charge is 0.0802 e. The third kappa shape index (κ3) is 2.73. The van der Waals surface area contributed by atoms with Gasteiger partial charge in [-0.2, -0.15) is 0 Å². The highest BCUT2D eigenvalue weighted by molar-refractivity contribution is 4.93. The van der Waals surface area contributed by atoms with Crippen molar-refractivity contribution in [1.82, 2.24) is 4.90 Å². The lowest BCUT2D eigenvalue weighted by atomic mass is 9.79. The van der Waals surface area contributed by atoms with Crippen molar-refractivity contribution in [1.29, 1.82) is 0 Å². The first-order valence-corrected chi connectivity index (χ1v) is 7.81. The van der Waals surface area contributed by atoms with Crippen LogP contribution >= 0.6 is 0 Å². The lowest BCUT2D eigenvalue weighted by Gasteiger charge is -2.32. The Hall–Kier alpha value is -0.120. The quantitative estimate of drug-likeness (QED) is 0.786. The second-order valence-corrected chi connectivity index (χ2v) is 6.82. The van der Waals surface area contributed by atoms with Crippen molar-refractivity contribution >= 4 is 0 Å². The number of hydrogen-bond acceptors (Lipinski definition) is 3. The van der Waals surface area contributed by atoms with Crippen LogP contribution in [0.3, 0.4) is 0 Å². The lowest BCUT2D eigenvalue weighted by molar-refractivity contribution is -0.0408. The number of likely N-dealkylation sites (tertiary alicyclic amines) is 1. The zero-order valence-electron chi connectivity index (χ0n) is 11.3. The van der Waals surface area contributed by atoms with Gasteiger partial charge in [-0.05, 0) is 69.4 Å². The maximum absolute atomic E-state index is 9.77. The Morgan fingerprint density at radius 3 is 1.89 bits per heavy atom. The van der Waals surface area contributed by atoms with Gasteiger partial charge in [0.2, 0.25) is 0 Å². The molecule has 5 atom stereocenters.